The van der Waals surface area contributed by atoms with Crippen molar-refractivity contribution in [2.75, 3.05) is 18.4 Å². The fraction of sp³-hybridized carbons (Fsp3) is 0.280. The average molecular weight is 484 g/mol. The molecule has 0 aliphatic carbocycles. The summed E-state index contributed by atoms with van der Waals surface area (Å²) in [5, 5.41) is 6.70. The Morgan fingerprint density at radius 1 is 1.15 bits per heavy atom. The van der Waals surface area contributed by atoms with Crippen molar-refractivity contribution in [3.63, 3.8) is 0 Å². The molecule has 178 valence electrons. The van der Waals surface area contributed by atoms with E-state index in [0.717, 1.165) is 5.56 Å². The van der Waals surface area contributed by atoms with Crippen LogP contribution < -0.4 is 5.32 Å². The highest BCUT2D eigenvalue weighted by Crippen LogP contribution is 2.30. The minimum Gasteiger partial charge on any atom is -0.355 e. The van der Waals surface area contributed by atoms with E-state index in [0.29, 0.717) is 24.1 Å². The summed E-state index contributed by atoms with van der Waals surface area (Å²) in [6, 6.07) is 13.6. The molecule has 0 spiro atoms. The predicted octanol–water partition coefficient (Wildman–Crippen LogP) is 4.64. The fourth-order valence-electron chi connectivity index (χ4n) is 3.96. The minimum atomic E-state index is -3.99. The second-order valence-electron chi connectivity index (χ2n) is 8.37. The van der Waals surface area contributed by atoms with E-state index < -0.39 is 21.8 Å². The Morgan fingerprint density at radius 2 is 1.88 bits per heavy atom. The Bertz CT molecular complexity index is 1320. The normalized spacial score (nSPS) is 17.2. The van der Waals surface area contributed by atoms with Crippen molar-refractivity contribution in [2.45, 2.75) is 31.6 Å². The zero-order valence-corrected chi connectivity index (χ0v) is 19.8. The molecule has 1 amide bonds. The number of nitrogens with one attached hydrogen (secondary N) is 1. The molecule has 2 heterocycles. The first-order valence-corrected chi connectivity index (χ1v) is 12.5. The molecule has 4 rings (SSSR count). The van der Waals surface area contributed by atoms with Crippen LogP contribution in [0.25, 0.3) is 12.2 Å². The van der Waals surface area contributed by atoms with Gasteiger partial charge in [-0.15, -0.1) is 0 Å². The maximum absolute atomic E-state index is 14.0. The van der Waals surface area contributed by atoms with E-state index in [9.17, 15) is 17.6 Å². The van der Waals surface area contributed by atoms with E-state index in [-0.39, 0.29) is 35.3 Å². The first-order valence-electron chi connectivity index (χ1n) is 11.0. The fourth-order valence-corrected chi connectivity index (χ4v) is 5.73. The van der Waals surface area contributed by atoms with Crippen molar-refractivity contribution in [1.29, 1.82) is 0 Å². The van der Waals surface area contributed by atoms with Crippen molar-refractivity contribution < 1.29 is 22.1 Å². The number of carbonyl (C=O) groups excluding carboxylic acids is 1. The van der Waals surface area contributed by atoms with Crippen LogP contribution in [0.2, 0.25) is 0 Å². The molecule has 34 heavy (non-hydrogen) atoms. The summed E-state index contributed by atoms with van der Waals surface area (Å²) in [7, 11) is -3.99. The van der Waals surface area contributed by atoms with Crippen LogP contribution in [0.5, 0.6) is 0 Å². The SMILES string of the molecule is Cc1ccc(NC(=O)[C@H]2CCCN(S(=O)(=O)c3c(C)noc3/C=C/c3ccccc3F)C2)cc1. The molecule has 0 unspecified atom stereocenters. The summed E-state index contributed by atoms with van der Waals surface area (Å²) in [4.78, 5) is 12.8. The molecule has 9 heteroatoms. The highest BCUT2D eigenvalue weighted by molar-refractivity contribution is 7.89. The van der Waals surface area contributed by atoms with Crippen LogP contribution in [0.1, 0.15) is 35.4 Å². The number of hydrogen-bond acceptors (Lipinski definition) is 5. The number of hydrogen-bond donors (Lipinski definition) is 1. The van der Waals surface area contributed by atoms with Crippen molar-refractivity contribution in [3.05, 3.63) is 76.9 Å². The first kappa shape index (κ1) is 23.8. The van der Waals surface area contributed by atoms with Crippen LogP contribution in [0.3, 0.4) is 0 Å². The number of piperidine rings is 1. The lowest BCUT2D eigenvalue weighted by molar-refractivity contribution is -0.120. The summed E-state index contributed by atoms with van der Waals surface area (Å²) < 4.78 is 47.5. The smallest absolute Gasteiger partial charge is 0.248 e. The van der Waals surface area contributed by atoms with Gasteiger partial charge in [-0.05, 0) is 57.0 Å². The van der Waals surface area contributed by atoms with E-state index >= 15 is 0 Å². The maximum Gasteiger partial charge on any atom is 0.248 e. The topological polar surface area (TPSA) is 92.5 Å². The monoisotopic (exact) mass is 483 g/mol. The average Bonchev–Trinajstić information content (AvgIpc) is 3.21. The van der Waals surface area contributed by atoms with Crippen molar-refractivity contribution >= 4 is 33.8 Å². The number of carbonyl (C=O) groups is 1. The lowest BCUT2D eigenvalue weighted by Crippen LogP contribution is -2.43. The van der Waals surface area contributed by atoms with Crippen molar-refractivity contribution in [1.82, 2.24) is 9.46 Å². The van der Waals surface area contributed by atoms with E-state index in [1.807, 2.05) is 31.2 Å². The van der Waals surface area contributed by atoms with Gasteiger partial charge in [0, 0.05) is 24.3 Å². The number of rotatable bonds is 6. The number of aryl methyl sites for hydroxylation is 2. The van der Waals surface area contributed by atoms with E-state index in [4.69, 9.17) is 4.52 Å². The summed E-state index contributed by atoms with van der Waals surface area (Å²) in [6.07, 6.45) is 3.99. The van der Waals surface area contributed by atoms with Gasteiger partial charge in [-0.25, -0.2) is 12.8 Å². The highest BCUT2D eigenvalue weighted by atomic mass is 32.2. The number of aromatic nitrogens is 1. The number of anilines is 1. The molecule has 0 bridgehead atoms. The van der Waals surface area contributed by atoms with Gasteiger partial charge in [0.15, 0.2) is 10.7 Å². The Hall–Kier alpha value is -3.30. The molecule has 0 radical (unpaired) electrons. The molecule has 1 aliphatic heterocycles. The van der Waals surface area contributed by atoms with Crippen LogP contribution in [0.15, 0.2) is 57.9 Å². The van der Waals surface area contributed by atoms with Gasteiger partial charge in [0.2, 0.25) is 15.9 Å². The summed E-state index contributed by atoms with van der Waals surface area (Å²) in [5.41, 5.74) is 2.26. The van der Waals surface area contributed by atoms with Crippen LogP contribution in [-0.4, -0.2) is 36.9 Å². The van der Waals surface area contributed by atoms with Crippen LogP contribution in [0, 0.1) is 25.6 Å². The van der Waals surface area contributed by atoms with Crippen LogP contribution in [0.4, 0.5) is 10.1 Å². The Balaban J connectivity index is 1.54. The number of halogens is 1. The zero-order valence-electron chi connectivity index (χ0n) is 19.0. The van der Waals surface area contributed by atoms with Gasteiger partial charge < -0.3 is 9.84 Å². The molecule has 1 N–H and O–H groups in total. The van der Waals surface area contributed by atoms with Crippen molar-refractivity contribution in [3.8, 4) is 0 Å². The van der Waals surface area contributed by atoms with Gasteiger partial charge >= 0.3 is 0 Å². The molecule has 1 aliphatic rings. The van der Waals surface area contributed by atoms with E-state index in [1.165, 1.54) is 22.5 Å². The molecular weight excluding hydrogens is 457 g/mol. The van der Waals surface area contributed by atoms with Crippen LogP contribution in [-0.2, 0) is 14.8 Å². The van der Waals surface area contributed by atoms with Gasteiger partial charge in [0.25, 0.3) is 0 Å². The predicted molar refractivity (Wildman–Crippen MR) is 128 cm³/mol. The summed E-state index contributed by atoms with van der Waals surface area (Å²) in [5.74, 6) is -1.11. The zero-order chi connectivity index (χ0) is 24.3. The second kappa shape index (κ2) is 9.90. The van der Waals surface area contributed by atoms with Gasteiger partial charge in [0.1, 0.15) is 11.5 Å². The first-order chi connectivity index (χ1) is 16.3. The minimum absolute atomic E-state index is 0.0204. The third kappa shape index (κ3) is 5.10. The lowest BCUT2D eigenvalue weighted by atomic mass is 9.98. The Kier molecular flexibility index (Phi) is 6.95. The highest BCUT2D eigenvalue weighted by Gasteiger charge is 2.37. The third-order valence-corrected chi connectivity index (χ3v) is 7.85. The number of amides is 1. The molecule has 2 aromatic carbocycles. The molecule has 1 fully saturated rings. The van der Waals surface area contributed by atoms with E-state index in [1.54, 1.807) is 25.1 Å². The molecule has 1 atom stereocenters. The maximum atomic E-state index is 14.0. The van der Waals surface area contributed by atoms with Gasteiger partial charge in [-0.1, -0.05) is 41.1 Å². The Labute approximate surface area is 198 Å². The molecule has 3 aromatic rings. The van der Waals surface area contributed by atoms with Crippen molar-refractivity contribution in [2.24, 2.45) is 5.92 Å². The lowest BCUT2D eigenvalue weighted by Gasteiger charge is -2.31. The van der Waals surface area contributed by atoms with Crippen LogP contribution >= 0.6 is 0 Å². The van der Waals surface area contributed by atoms with Gasteiger partial charge in [-0.2, -0.15) is 4.31 Å². The quantitative estimate of drug-likeness (QED) is 0.551. The summed E-state index contributed by atoms with van der Waals surface area (Å²) in [6.45, 7) is 3.85. The van der Waals surface area contributed by atoms with Gasteiger partial charge in [-0.3, -0.25) is 4.79 Å². The molecule has 0 saturated carbocycles. The van der Waals surface area contributed by atoms with E-state index in [2.05, 4.69) is 10.5 Å². The van der Waals surface area contributed by atoms with Gasteiger partial charge in [0.05, 0.1) is 5.92 Å². The standard InChI is InChI=1S/C25H26FN3O4S/c1-17-9-12-21(13-10-17)27-25(30)20-7-5-15-29(16-20)34(31,32)24-18(2)28-33-23(24)14-11-19-6-3-4-8-22(19)26/h3-4,6,8-14,20H,5,7,15-16H2,1-2H3,(H,27,30)/b14-11+/t20-/m0/s1. The molecule has 1 aromatic heterocycles. The Morgan fingerprint density at radius 3 is 2.62 bits per heavy atom. The molecule has 7 nitrogen and oxygen atoms in total. The molecular formula is C25H26FN3O4S. The second-order valence-corrected chi connectivity index (χ2v) is 10.2. The number of benzene rings is 2. The molecule has 1 saturated heterocycles. The third-order valence-electron chi connectivity index (χ3n) is 5.82. The largest absolute Gasteiger partial charge is 0.355 e. The summed E-state index contributed by atoms with van der Waals surface area (Å²) >= 11 is 0. The number of sulfonamides is 1. The number of nitrogens with zero attached hydrogens (tertiary/aromatic N) is 2.